The number of nitrogens with one attached hydrogen (secondary N) is 1. The molecule has 11 heteroatoms. The molecule has 1 heterocycles. The first-order valence-corrected chi connectivity index (χ1v) is 11.1. The summed E-state index contributed by atoms with van der Waals surface area (Å²) in [5.41, 5.74) is -0.607. The number of thiazole rings is 1. The zero-order chi connectivity index (χ0) is 20.7. The number of rotatable bonds is 9. The van der Waals surface area contributed by atoms with Gasteiger partial charge in [-0.25, -0.2) is 14.6 Å². The van der Waals surface area contributed by atoms with Crippen LogP contribution in [0.25, 0.3) is 0 Å². The van der Waals surface area contributed by atoms with E-state index in [1.165, 1.54) is 0 Å². The van der Waals surface area contributed by atoms with Gasteiger partial charge in [-0.15, -0.1) is 11.3 Å². The van der Waals surface area contributed by atoms with Gasteiger partial charge < -0.3 is 18.5 Å². The highest BCUT2D eigenvalue weighted by atomic mass is 32.1. The summed E-state index contributed by atoms with van der Waals surface area (Å²) in [5.74, 6) is -0.764. The molecule has 0 spiro atoms. The second kappa shape index (κ2) is 10.2. The molecule has 1 N–H and O–H groups in total. The minimum atomic E-state index is -3.51. The van der Waals surface area contributed by atoms with Gasteiger partial charge in [0.05, 0.1) is 13.2 Å². The molecule has 0 saturated carbocycles. The fourth-order valence-corrected chi connectivity index (χ4v) is 4.07. The number of aromatic nitrogens is 1. The number of aryl methyl sites for hydroxylation is 1. The van der Waals surface area contributed by atoms with Gasteiger partial charge in [0, 0.05) is 4.88 Å². The van der Waals surface area contributed by atoms with Gasteiger partial charge in [-0.1, -0.05) is 6.92 Å². The van der Waals surface area contributed by atoms with Crippen LogP contribution in [0.4, 0.5) is 9.93 Å². The lowest BCUT2D eigenvalue weighted by Crippen LogP contribution is -2.27. The van der Waals surface area contributed by atoms with Crippen LogP contribution in [0.2, 0.25) is 0 Å². The topological polar surface area (TPSA) is 113 Å². The van der Waals surface area contributed by atoms with E-state index in [2.05, 4.69) is 10.3 Å². The van der Waals surface area contributed by atoms with Crippen molar-refractivity contribution in [2.75, 3.05) is 24.9 Å². The third-order valence-electron chi connectivity index (χ3n) is 2.83. The Morgan fingerprint density at radius 1 is 1.15 bits per heavy atom. The molecular weight excluding hydrogens is 395 g/mol. The first-order chi connectivity index (χ1) is 12.5. The van der Waals surface area contributed by atoms with E-state index in [0.29, 0.717) is 11.3 Å². The zero-order valence-electron chi connectivity index (χ0n) is 16.5. The monoisotopic (exact) mass is 422 g/mol. The van der Waals surface area contributed by atoms with E-state index in [1.807, 2.05) is 6.92 Å². The fourth-order valence-electron chi connectivity index (χ4n) is 1.91. The minimum Gasteiger partial charge on any atom is -0.448 e. The Kier molecular flexibility index (Phi) is 8.87. The lowest BCUT2D eigenvalue weighted by molar-refractivity contribution is 0.0524. The van der Waals surface area contributed by atoms with Gasteiger partial charge in [0.25, 0.3) is 0 Å². The van der Waals surface area contributed by atoms with Crippen molar-refractivity contribution in [1.82, 2.24) is 4.98 Å². The molecule has 9 nitrogen and oxygen atoms in total. The van der Waals surface area contributed by atoms with E-state index in [0.717, 1.165) is 11.3 Å². The second-order valence-corrected chi connectivity index (χ2v) is 9.36. The van der Waals surface area contributed by atoms with E-state index in [4.69, 9.17) is 18.5 Å². The highest BCUT2D eigenvalue weighted by Gasteiger charge is 2.28. The number of esters is 1. The molecule has 0 aliphatic rings. The van der Waals surface area contributed by atoms with Gasteiger partial charge >= 0.3 is 19.7 Å². The molecule has 0 aliphatic heterocycles. The normalized spacial score (nSPS) is 11.9. The van der Waals surface area contributed by atoms with E-state index in [1.54, 1.807) is 34.6 Å². The van der Waals surface area contributed by atoms with Crippen molar-refractivity contribution in [3.8, 4) is 0 Å². The van der Waals surface area contributed by atoms with E-state index in [9.17, 15) is 14.2 Å². The SMILES string of the molecule is CCOP(=O)(COC(=O)c1nc(NC(=O)OC(C)(C)C)sc1CC)OCC. The van der Waals surface area contributed by atoms with Crippen molar-refractivity contribution in [3.05, 3.63) is 10.6 Å². The van der Waals surface area contributed by atoms with Crippen LogP contribution in [0.1, 0.15) is 56.9 Å². The number of ether oxygens (including phenoxy) is 2. The summed E-state index contributed by atoms with van der Waals surface area (Å²) in [4.78, 5) is 28.9. The number of nitrogens with zero attached hydrogens (tertiary/aromatic N) is 1. The van der Waals surface area contributed by atoms with Crippen LogP contribution in [0.3, 0.4) is 0 Å². The molecule has 27 heavy (non-hydrogen) atoms. The number of hydrogen-bond donors (Lipinski definition) is 1. The second-order valence-electron chi connectivity index (χ2n) is 6.28. The van der Waals surface area contributed by atoms with Crippen LogP contribution < -0.4 is 5.32 Å². The zero-order valence-corrected chi connectivity index (χ0v) is 18.2. The number of anilines is 1. The highest BCUT2D eigenvalue weighted by Crippen LogP contribution is 2.48. The van der Waals surface area contributed by atoms with Crippen LogP contribution in [0, 0.1) is 0 Å². The van der Waals surface area contributed by atoms with Gasteiger partial charge in [-0.3, -0.25) is 9.88 Å². The quantitative estimate of drug-likeness (QED) is 0.459. The van der Waals surface area contributed by atoms with Crippen molar-refractivity contribution in [2.24, 2.45) is 0 Å². The Hall–Kier alpha value is -1.48. The Labute approximate surface area is 163 Å². The maximum Gasteiger partial charge on any atom is 0.413 e. The van der Waals surface area contributed by atoms with Gasteiger partial charge in [-0.2, -0.15) is 0 Å². The molecule has 1 rings (SSSR count). The van der Waals surface area contributed by atoms with Crippen LogP contribution in [-0.4, -0.2) is 42.2 Å². The molecule has 1 aromatic heterocycles. The minimum absolute atomic E-state index is 0.0492. The Balaban J connectivity index is 2.84. The number of carbonyl (C=O) groups excluding carboxylic acids is 2. The maximum atomic E-state index is 12.4. The third kappa shape index (κ3) is 7.96. The van der Waals surface area contributed by atoms with Crippen LogP contribution in [0.5, 0.6) is 0 Å². The van der Waals surface area contributed by atoms with Crippen molar-refractivity contribution < 1.29 is 32.7 Å². The summed E-state index contributed by atoms with van der Waals surface area (Å²) >= 11 is 1.14. The molecular formula is C16H27N2O7PS. The highest BCUT2D eigenvalue weighted by molar-refractivity contribution is 7.53. The molecule has 0 fully saturated rings. The lowest BCUT2D eigenvalue weighted by Gasteiger charge is -2.18. The van der Waals surface area contributed by atoms with Crippen molar-refractivity contribution in [3.63, 3.8) is 0 Å². The molecule has 0 unspecified atom stereocenters. The molecule has 0 aromatic carbocycles. The third-order valence-corrected chi connectivity index (χ3v) is 5.69. The van der Waals surface area contributed by atoms with Crippen molar-refractivity contribution >= 4 is 36.1 Å². The van der Waals surface area contributed by atoms with Gasteiger partial charge in [0.1, 0.15) is 5.60 Å². The molecule has 0 saturated heterocycles. The standard InChI is InChI=1S/C16H27N2O7PS/c1-7-11-12(13(19)22-10-26(21,23-8-2)24-9-3)17-14(27-11)18-15(20)25-16(4,5)6/h7-10H2,1-6H3,(H,17,18,20). The van der Waals surface area contributed by atoms with Gasteiger partial charge in [0.15, 0.2) is 17.2 Å². The van der Waals surface area contributed by atoms with Gasteiger partial charge in [-0.05, 0) is 41.0 Å². The largest absolute Gasteiger partial charge is 0.448 e. The molecule has 154 valence electrons. The average molecular weight is 422 g/mol. The van der Waals surface area contributed by atoms with Crippen LogP contribution >= 0.6 is 18.9 Å². The molecule has 0 aliphatic carbocycles. The smallest absolute Gasteiger partial charge is 0.413 e. The Morgan fingerprint density at radius 2 is 1.74 bits per heavy atom. The first kappa shape index (κ1) is 23.6. The summed E-state index contributed by atoms with van der Waals surface area (Å²) in [7, 11) is -3.51. The predicted molar refractivity (Wildman–Crippen MR) is 102 cm³/mol. The summed E-state index contributed by atoms with van der Waals surface area (Å²) in [6, 6.07) is 0. The number of carbonyl (C=O) groups is 2. The summed E-state index contributed by atoms with van der Waals surface area (Å²) in [6.45, 7) is 10.7. The number of amides is 1. The van der Waals surface area contributed by atoms with E-state index < -0.39 is 31.6 Å². The van der Waals surface area contributed by atoms with Crippen molar-refractivity contribution in [2.45, 2.75) is 53.6 Å². The fraction of sp³-hybridized carbons (Fsp3) is 0.688. The van der Waals surface area contributed by atoms with Crippen LogP contribution in [0.15, 0.2) is 0 Å². The predicted octanol–water partition coefficient (Wildman–Crippen LogP) is 4.43. The summed E-state index contributed by atoms with van der Waals surface area (Å²) in [5, 5.41) is 2.71. The van der Waals surface area contributed by atoms with E-state index in [-0.39, 0.29) is 24.0 Å². The molecule has 1 aromatic rings. The van der Waals surface area contributed by atoms with Crippen LogP contribution in [-0.2, 0) is 29.5 Å². The lowest BCUT2D eigenvalue weighted by atomic mass is 10.2. The Morgan fingerprint density at radius 3 is 2.22 bits per heavy atom. The van der Waals surface area contributed by atoms with E-state index >= 15 is 0 Å². The summed E-state index contributed by atoms with van der Waals surface area (Å²) in [6.07, 6.45) is -0.675. The average Bonchev–Trinajstić information content (AvgIpc) is 2.94. The number of hydrogen-bond acceptors (Lipinski definition) is 9. The summed E-state index contributed by atoms with van der Waals surface area (Å²) < 4.78 is 32.8. The van der Waals surface area contributed by atoms with Gasteiger partial charge in [0.2, 0.25) is 0 Å². The molecule has 1 amide bonds. The first-order valence-electron chi connectivity index (χ1n) is 8.58. The molecule has 0 atom stereocenters. The molecule has 0 bridgehead atoms. The molecule has 0 radical (unpaired) electrons. The van der Waals surface area contributed by atoms with Crippen molar-refractivity contribution in [1.29, 1.82) is 0 Å². The Bertz CT molecular complexity index is 689. The maximum absolute atomic E-state index is 12.4.